The molecule has 2 heterocycles. The lowest BCUT2D eigenvalue weighted by Gasteiger charge is -2.08. The van der Waals surface area contributed by atoms with Crippen LogP contribution in [0, 0.1) is 0 Å². The first-order valence-electron chi connectivity index (χ1n) is 6.99. The number of amides is 1. The molecule has 6 heteroatoms. The van der Waals surface area contributed by atoms with Crippen LogP contribution in [0.5, 0.6) is 0 Å². The first kappa shape index (κ1) is 15.8. The summed E-state index contributed by atoms with van der Waals surface area (Å²) in [6.45, 7) is 0.0977. The van der Waals surface area contributed by atoms with E-state index in [0.29, 0.717) is 15.7 Å². The SMILES string of the molecule is O=C(NCC(O)c1ccco1)c1ccc(-c2ccc(Cl)cc2)s1. The minimum atomic E-state index is -0.857. The molecule has 0 fully saturated rings. The summed E-state index contributed by atoms with van der Waals surface area (Å²) in [7, 11) is 0. The van der Waals surface area contributed by atoms with E-state index in [2.05, 4.69) is 5.32 Å². The molecule has 0 radical (unpaired) electrons. The number of rotatable bonds is 5. The van der Waals surface area contributed by atoms with Gasteiger partial charge in [-0.25, -0.2) is 0 Å². The Morgan fingerprint density at radius 3 is 2.70 bits per heavy atom. The molecule has 2 N–H and O–H groups in total. The molecule has 0 aliphatic rings. The number of carbonyl (C=O) groups is 1. The van der Waals surface area contributed by atoms with Gasteiger partial charge in [-0.2, -0.15) is 0 Å². The second-order valence-electron chi connectivity index (χ2n) is 4.91. The van der Waals surface area contributed by atoms with E-state index in [4.69, 9.17) is 16.0 Å². The summed E-state index contributed by atoms with van der Waals surface area (Å²) in [5, 5.41) is 13.3. The third-order valence-corrected chi connectivity index (χ3v) is 4.67. The average molecular weight is 348 g/mol. The van der Waals surface area contributed by atoms with Gasteiger partial charge in [0.1, 0.15) is 11.9 Å². The molecule has 3 rings (SSSR count). The van der Waals surface area contributed by atoms with Gasteiger partial charge in [0.05, 0.1) is 17.7 Å². The predicted octanol–water partition coefficient (Wildman–Crippen LogP) is 4.12. The maximum Gasteiger partial charge on any atom is 0.261 e. The lowest BCUT2D eigenvalue weighted by Crippen LogP contribution is -2.27. The van der Waals surface area contributed by atoms with Gasteiger partial charge in [0, 0.05) is 9.90 Å². The Morgan fingerprint density at radius 2 is 2.00 bits per heavy atom. The quantitative estimate of drug-likeness (QED) is 0.729. The number of furan rings is 1. The normalized spacial score (nSPS) is 12.1. The van der Waals surface area contributed by atoms with Crippen molar-refractivity contribution in [3.8, 4) is 10.4 Å². The lowest BCUT2D eigenvalue weighted by atomic mass is 10.2. The monoisotopic (exact) mass is 347 g/mol. The van der Waals surface area contributed by atoms with Crippen molar-refractivity contribution in [3.05, 3.63) is 70.5 Å². The molecule has 0 saturated carbocycles. The minimum absolute atomic E-state index is 0.0977. The van der Waals surface area contributed by atoms with Gasteiger partial charge >= 0.3 is 0 Å². The smallest absolute Gasteiger partial charge is 0.261 e. The molecule has 118 valence electrons. The third-order valence-electron chi connectivity index (χ3n) is 3.29. The summed E-state index contributed by atoms with van der Waals surface area (Å²) in [6.07, 6.45) is 0.627. The molecule has 1 unspecified atom stereocenters. The van der Waals surface area contributed by atoms with E-state index in [1.54, 1.807) is 18.2 Å². The van der Waals surface area contributed by atoms with Gasteiger partial charge in [-0.05, 0) is 42.0 Å². The Labute approximate surface area is 142 Å². The van der Waals surface area contributed by atoms with Crippen LogP contribution < -0.4 is 5.32 Å². The highest BCUT2D eigenvalue weighted by Crippen LogP contribution is 2.29. The molecule has 23 heavy (non-hydrogen) atoms. The molecule has 0 saturated heterocycles. The zero-order chi connectivity index (χ0) is 16.2. The van der Waals surface area contributed by atoms with Crippen molar-refractivity contribution in [1.29, 1.82) is 0 Å². The lowest BCUT2D eigenvalue weighted by molar-refractivity contribution is 0.0905. The summed E-state index contributed by atoms with van der Waals surface area (Å²) in [4.78, 5) is 13.7. The molecule has 0 aliphatic carbocycles. The van der Waals surface area contributed by atoms with Gasteiger partial charge in [-0.1, -0.05) is 23.7 Å². The van der Waals surface area contributed by atoms with E-state index in [-0.39, 0.29) is 12.5 Å². The first-order valence-corrected chi connectivity index (χ1v) is 8.18. The maximum absolute atomic E-state index is 12.2. The summed E-state index contributed by atoms with van der Waals surface area (Å²) >= 11 is 7.26. The van der Waals surface area contributed by atoms with Crippen LogP contribution in [0.2, 0.25) is 5.02 Å². The van der Waals surface area contributed by atoms with Gasteiger partial charge in [-0.15, -0.1) is 11.3 Å². The Morgan fingerprint density at radius 1 is 1.22 bits per heavy atom. The van der Waals surface area contributed by atoms with Crippen molar-refractivity contribution in [1.82, 2.24) is 5.32 Å². The zero-order valence-corrected chi connectivity index (χ0v) is 13.6. The Hall–Kier alpha value is -2.08. The Bertz CT molecular complexity index is 781. The second kappa shape index (κ2) is 7.00. The number of halogens is 1. The molecular formula is C17H14ClNO3S. The highest BCUT2D eigenvalue weighted by Gasteiger charge is 2.14. The summed E-state index contributed by atoms with van der Waals surface area (Å²) in [5.74, 6) is 0.208. The number of aliphatic hydroxyl groups is 1. The van der Waals surface area contributed by atoms with Crippen LogP contribution in [0.1, 0.15) is 21.5 Å². The van der Waals surface area contributed by atoms with Gasteiger partial charge in [0.2, 0.25) is 0 Å². The van der Waals surface area contributed by atoms with Gasteiger partial charge < -0.3 is 14.8 Å². The fourth-order valence-electron chi connectivity index (χ4n) is 2.09. The van der Waals surface area contributed by atoms with E-state index >= 15 is 0 Å². The van der Waals surface area contributed by atoms with Gasteiger partial charge in [0.25, 0.3) is 5.91 Å². The van der Waals surface area contributed by atoms with Crippen molar-refractivity contribution in [2.24, 2.45) is 0 Å². The molecular weight excluding hydrogens is 334 g/mol. The standard InChI is InChI=1S/C17H14ClNO3S/c18-12-5-3-11(4-6-12)15-7-8-16(23-15)17(21)19-10-13(20)14-2-1-9-22-14/h1-9,13,20H,10H2,(H,19,21). The van der Waals surface area contributed by atoms with E-state index in [1.165, 1.54) is 17.6 Å². The molecule has 0 aliphatic heterocycles. The molecule has 4 nitrogen and oxygen atoms in total. The van der Waals surface area contributed by atoms with Crippen molar-refractivity contribution in [2.45, 2.75) is 6.10 Å². The second-order valence-corrected chi connectivity index (χ2v) is 6.43. The summed E-state index contributed by atoms with van der Waals surface area (Å²) in [5.41, 5.74) is 1.01. The molecule has 3 aromatic rings. The average Bonchev–Trinajstić information content (AvgIpc) is 3.24. The van der Waals surface area contributed by atoms with E-state index in [9.17, 15) is 9.90 Å². The number of benzene rings is 1. The number of thiophene rings is 1. The van der Waals surface area contributed by atoms with Crippen LogP contribution in [0.25, 0.3) is 10.4 Å². The summed E-state index contributed by atoms with van der Waals surface area (Å²) < 4.78 is 5.10. The Kier molecular flexibility index (Phi) is 4.81. The maximum atomic E-state index is 12.2. The highest BCUT2D eigenvalue weighted by atomic mass is 35.5. The molecule has 0 bridgehead atoms. The number of nitrogens with one attached hydrogen (secondary N) is 1. The molecule has 1 aromatic carbocycles. The third kappa shape index (κ3) is 3.82. The van der Waals surface area contributed by atoms with Crippen molar-refractivity contribution in [2.75, 3.05) is 6.54 Å². The van der Waals surface area contributed by atoms with Crippen LogP contribution in [-0.2, 0) is 0 Å². The van der Waals surface area contributed by atoms with Crippen LogP contribution >= 0.6 is 22.9 Å². The summed E-state index contributed by atoms with van der Waals surface area (Å²) in [6, 6.07) is 14.5. The van der Waals surface area contributed by atoms with Gasteiger partial charge in [0.15, 0.2) is 0 Å². The van der Waals surface area contributed by atoms with E-state index in [0.717, 1.165) is 10.4 Å². The zero-order valence-electron chi connectivity index (χ0n) is 12.0. The fourth-order valence-corrected chi connectivity index (χ4v) is 3.14. The van der Waals surface area contributed by atoms with Crippen LogP contribution in [-0.4, -0.2) is 17.6 Å². The largest absolute Gasteiger partial charge is 0.467 e. The van der Waals surface area contributed by atoms with E-state index in [1.807, 2.05) is 30.3 Å². The fraction of sp³-hybridized carbons (Fsp3) is 0.118. The number of carbonyl (C=O) groups excluding carboxylic acids is 1. The van der Waals surface area contributed by atoms with Crippen molar-refractivity contribution in [3.63, 3.8) is 0 Å². The highest BCUT2D eigenvalue weighted by molar-refractivity contribution is 7.17. The van der Waals surface area contributed by atoms with Crippen LogP contribution in [0.4, 0.5) is 0 Å². The molecule has 1 amide bonds. The molecule has 2 aromatic heterocycles. The predicted molar refractivity (Wildman–Crippen MR) is 90.8 cm³/mol. The number of hydrogen-bond donors (Lipinski definition) is 2. The van der Waals surface area contributed by atoms with Crippen LogP contribution in [0.3, 0.4) is 0 Å². The van der Waals surface area contributed by atoms with Crippen molar-refractivity contribution >= 4 is 28.8 Å². The topological polar surface area (TPSA) is 62.5 Å². The van der Waals surface area contributed by atoms with Crippen LogP contribution in [0.15, 0.2) is 59.2 Å². The first-order chi connectivity index (χ1) is 11.1. The molecule has 1 atom stereocenters. The number of hydrogen-bond acceptors (Lipinski definition) is 4. The number of aliphatic hydroxyl groups excluding tert-OH is 1. The van der Waals surface area contributed by atoms with E-state index < -0.39 is 6.10 Å². The van der Waals surface area contributed by atoms with Gasteiger partial charge in [-0.3, -0.25) is 4.79 Å². The minimum Gasteiger partial charge on any atom is -0.467 e. The molecule has 0 spiro atoms. The Balaban J connectivity index is 1.63. The van der Waals surface area contributed by atoms with Crippen molar-refractivity contribution < 1.29 is 14.3 Å².